The molecule has 1 N–H and O–H groups in total. The molecule has 3 aromatic rings. The fourth-order valence-corrected chi connectivity index (χ4v) is 3.89. The molecule has 0 radical (unpaired) electrons. The summed E-state index contributed by atoms with van der Waals surface area (Å²) in [6, 6.07) is 18.5. The van der Waals surface area contributed by atoms with Crippen LogP contribution in [0.1, 0.15) is 10.8 Å². The number of hydrogen-bond acceptors (Lipinski definition) is 3. The molecule has 0 aliphatic heterocycles. The summed E-state index contributed by atoms with van der Waals surface area (Å²) >= 11 is 16.8. The summed E-state index contributed by atoms with van der Waals surface area (Å²) in [6.45, 7) is 0. The van der Waals surface area contributed by atoms with E-state index in [2.05, 4.69) is 26.2 Å². The highest BCUT2D eigenvalue weighted by atomic mass is 79.9. The SMILES string of the molecule is O=C(Nc1ccc(Br)cn1)C(Sc1ccc(Cl)c(Cl)c1)c1ccccc1. The van der Waals surface area contributed by atoms with E-state index >= 15 is 0 Å². The number of nitrogens with zero attached hydrogens (tertiary/aromatic N) is 1. The van der Waals surface area contributed by atoms with Gasteiger partial charge in [0, 0.05) is 15.6 Å². The number of carbonyl (C=O) groups is 1. The van der Waals surface area contributed by atoms with Crippen molar-refractivity contribution in [3.63, 3.8) is 0 Å². The van der Waals surface area contributed by atoms with Crippen molar-refractivity contribution in [2.45, 2.75) is 10.1 Å². The lowest BCUT2D eigenvalue weighted by Crippen LogP contribution is -2.19. The lowest BCUT2D eigenvalue weighted by atomic mass is 10.1. The number of amides is 1. The van der Waals surface area contributed by atoms with Gasteiger partial charge in [0.15, 0.2) is 0 Å². The van der Waals surface area contributed by atoms with Crippen LogP contribution in [0.3, 0.4) is 0 Å². The summed E-state index contributed by atoms with van der Waals surface area (Å²) in [7, 11) is 0. The van der Waals surface area contributed by atoms with Crippen LogP contribution in [-0.2, 0) is 4.79 Å². The molecule has 1 atom stereocenters. The number of carbonyl (C=O) groups excluding carboxylic acids is 1. The monoisotopic (exact) mass is 466 g/mol. The van der Waals surface area contributed by atoms with Crippen LogP contribution >= 0.6 is 50.9 Å². The molecule has 0 saturated heterocycles. The Kier molecular flexibility index (Phi) is 6.59. The van der Waals surface area contributed by atoms with Crippen LogP contribution in [0.2, 0.25) is 10.0 Å². The van der Waals surface area contributed by atoms with Crippen molar-refractivity contribution in [1.82, 2.24) is 4.98 Å². The molecule has 7 heteroatoms. The lowest BCUT2D eigenvalue weighted by molar-refractivity contribution is -0.115. The number of hydrogen-bond donors (Lipinski definition) is 1. The predicted octanol–water partition coefficient (Wildman–Crippen LogP) is 6.62. The maximum absolute atomic E-state index is 12.9. The number of thioether (sulfide) groups is 1. The van der Waals surface area contributed by atoms with E-state index in [-0.39, 0.29) is 5.91 Å². The summed E-state index contributed by atoms with van der Waals surface area (Å²) < 4.78 is 0.847. The van der Waals surface area contributed by atoms with Crippen molar-refractivity contribution in [3.05, 3.63) is 86.9 Å². The van der Waals surface area contributed by atoms with E-state index < -0.39 is 5.25 Å². The smallest absolute Gasteiger partial charge is 0.243 e. The molecule has 26 heavy (non-hydrogen) atoms. The Bertz CT molecular complexity index is 907. The van der Waals surface area contributed by atoms with Crippen molar-refractivity contribution in [2.75, 3.05) is 5.32 Å². The Morgan fingerprint density at radius 2 is 1.81 bits per heavy atom. The van der Waals surface area contributed by atoms with Crippen molar-refractivity contribution in [1.29, 1.82) is 0 Å². The van der Waals surface area contributed by atoms with E-state index in [9.17, 15) is 4.79 Å². The molecule has 0 fully saturated rings. The normalized spacial score (nSPS) is 11.8. The van der Waals surface area contributed by atoms with E-state index in [0.717, 1.165) is 14.9 Å². The Hall–Kier alpha value is -1.53. The van der Waals surface area contributed by atoms with Gasteiger partial charge in [-0.1, -0.05) is 53.5 Å². The summed E-state index contributed by atoms with van der Waals surface area (Å²) in [5.74, 6) is 0.330. The molecule has 3 rings (SSSR count). The topological polar surface area (TPSA) is 42.0 Å². The number of anilines is 1. The van der Waals surface area contributed by atoms with Crippen molar-refractivity contribution in [2.24, 2.45) is 0 Å². The average molecular weight is 468 g/mol. The van der Waals surface area contributed by atoms with Gasteiger partial charge in [-0.3, -0.25) is 4.79 Å². The Morgan fingerprint density at radius 1 is 1.04 bits per heavy atom. The van der Waals surface area contributed by atoms with Crippen molar-refractivity contribution in [3.8, 4) is 0 Å². The van der Waals surface area contributed by atoms with Crippen LogP contribution in [-0.4, -0.2) is 10.9 Å². The first-order valence-corrected chi connectivity index (χ1v) is 10.0. The van der Waals surface area contributed by atoms with Crippen LogP contribution in [0, 0.1) is 0 Å². The minimum absolute atomic E-state index is 0.165. The number of aromatic nitrogens is 1. The van der Waals surface area contributed by atoms with Gasteiger partial charge in [0.25, 0.3) is 0 Å². The fourth-order valence-electron chi connectivity index (χ4n) is 2.23. The molecule has 1 heterocycles. The zero-order valence-corrected chi connectivity index (χ0v) is 17.2. The molecule has 0 aliphatic rings. The van der Waals surface area contributed by atoms with Gasteiger partial charge >= 0.3 is 0 Å². The van der Waals surface area contributed by atoms with Gasteiger partial charge in [0.05, 0.1) is 10.0 Å². The van der Waals surface area contributed by atoms with E-state index in [0.29, 0.717) is 15.9 Å². The molecular weight excluding hydrogens is 455 g/mol. The summed E-state index contributed by atoms with van der Waals surface area (Å²) in [5, 5.41) is 3.34. The molecule has 1 amide bonds. The highest BCUT2D eigenvalue weighted by molar-refractivity contribution is 9.10. The third kappa shape index (κ3) is 5.01. The molecular formula is C19H13BrCl2N2OS. The molecule has 0 saturated carbocycles. The lowest BCUT2D eigenvalue weighted by Gasteiger charge is -2.17. The second kappa shape index (κ2) is 8.91. The molecule has 2 aromatic carbocycles. The third-order valence-corrected chi connectivity index (χ3v) is 5.92. The van der Waals surface area contributed by atoms with Crippen LogP contribution in [0.4, 0.5) is 5.82 Å². The minimum atomic E-state index is -0.459. The van der Waals surface area contributed by atoms with E-state index in [1.54, 1.807) is 24.4 Å². The predicted molar refractivity (Wildman–Crippen MR) is 112 cm³/mol. The quantitative estimate of drug-likeness (QED) is 0.428. The van der Waals surface area contributed by atoms with Gasteiger partial charge in [-0.25, -0.2) is 4.98 Å². The highest BCUT2D eigenvalue weighted by Crippen LogP contribution is 2.38. The van der Waals surface area contributed by atoms with E-state index in [1.807, 2.05) is 42.5 Å². The van der Waals surface area contributed by atoms with Crippen LogP contribution in [0.25, 0.3) is 0 Å². The number of halogens is 3. The Balaban J connectivity index is 1.86. The number of nitrogens with one attached hydrogen (secondary N) is 1. The number of benzene rings is 2. The molecule has 1 aromatic heterocycles. The second-order valence-corrected chi connectivity index (χ2v) is 8.24. The minimum Gasteiger partial charge on any atom is -0.309 e. The van der Waals surface area contributed by atoms with E-state index in [4.69, 9.17) is 23.2 Å². The average Bonchev–Trinajstić information content (AvgIpc) is 2.65. The molecule has 3 nitrogen and oxygen atoms in total. The zero-order valence-electron chi connectivity index (χ0n) is 13.3. The van der Waals surface area contributed by atoms with Gasteiger partial charge in [0.1, 0.15) is 11.1 Å². The van der Waals surface area contributed by atoms with Gasteiger partial charge < -0.3 is 5.32 Å². The molecule has 132 valence electrons. The van der Waals surface area contributed by atoms with Crippen molar-refractivity contribution >= 4 is 62.6 Å². The van der Waals surface area contributed by atoms with Crippen molar-refractivity contribution < 1.29 is 4.79 Å². The van der Waals surface area contributed by atoms with Gasteiger partial charge in [-0.15, -0.1) is 11.8 Å². The van der Waals surface area contributed by atoms with Gasteiger partial charge in [-0.2, -0.15) is 0 Å². The van der Waals surface area contributed by atoms with E-state index in [1.165, 1.54) is 11.8 Å². The summed E-state index contributed by atoms with van der Waals surface area (Å²) in [6.07, 6.45) is 1.64. The Morgan fingerprint density at radius 3 is 2.46 bits per heavy atom. The van der Waals surface area contributed by atoms with Crippen LogP contribution < -0.4 is 5.32 Å². The third-order valence-electron chi connectivity index (χ3n) is 3.46. The first kappa shape index (κ1) is 19.2. The van der Waals surface area contributed by atoms with Crippen LogP contribution in [0.5, 0.6) is 0 Å². The molecule has 0 bridgehead atoms. The second-order valence-electron chi connectivity index (χ2n) is 5.34. The number of pyridine rings is 1. The largest absolute Gasteiger partial charge is 0.309 e. The maximum atomic E-state index is 12.9. The zero-order chi connectivity index (χ0) is 18.5. The molecule has 0 aliphatic carbocycles. The Labute approximate surface area is 174 Å². The summed E-state index contributed by atoms with van der Waals surface area (Å²) in [5.41, 5.74) is 0.887. The summed E-state index contributed by atoms with van der Waals surface area (Å²) in [4.78, 5) is 18.0. The first-order valence-electron chi connectivity index (χ1n) is 7.62. The standard InChI is InChI=1S/C19H13BrCl2N2OS/c20-13-6-9-17(23-11-13)24-19(25)18(12-4-2-1-3-5-12)26-14-7-8-15(21)16(22)10-14/h1-11,18H,(H,23,24,25). The fraction of sp³-hybridized carbons (Fsp3) is 0.0526. The maximum Gasteiger partial charge on any atom is 0.243 e. The van der Waals surface area contributed by atoms with Gasteiger partial charge in [0.2, 0.25) is 5.91 Å². The molecule has 1 unspecified atom stereocenters. The highest BCUT2D eigenvalue weighted by Gasteiger charge is 2.22. The number of rotatable bonds is 5. The van der Waals surface area contributed by atoms with Crippen LogP contribution in [0.15, 0.2) is 76.2 Å². The molecule has 0 spiro atoms. The van der Waals surface area contributed by atoms with Gasteiger partial charge in [-0.05, 0) is 51.8 Å². The first-order chi connectivity index (χ1) is 12.5.